The number of rotatable bonds is 2. The number of guanidine groups is 1. The molecule has 0 bridgehead atoms. The first kappa shape index (κ1) is 14.6. The molecule has 1 unspecified atom stereocenters. The minimum absolute atomic E-state index is 0.347. The van der Waals surface area contributed by atoms with Gasteiger partial charge in [-0.1, -0.05) is 17.7 Å². The first-order chi connectivity index (χ1) is 10.2. The average molecular weight is 309 g/mol. The van der Waals surface area contributed by atoms with E-state index in [9.17, 15) is 0 Å². The molecule has 2 saturated heterocycles. The molecule has 0 radical (unpaired) electrons. The lowest BCUT2D eigenvalue weighted by atomic mass is 9.87. The number of pyridine rings is 1. The zero-order chi connectivity index (χ0) is 14.7. The fourth-order valence-electron chi connectivity index (χ4n) is 3.11. The number of halogens is 1. The Morgan fingerprint density at radius 1 is 1.52 bits per heavy atom. The van der Waals surface area contributed by atoms with Gasteiger partial charge in [-0.2, -0.15) is 0 Å². The number of nitrogens with one attached hydrogen (secondary N) is 1. The summed E-state index contributed by atoms with van der Waals surface area (Å²) >= 11 is 5.80. The second-order valence-electron chi connectivity index (χ2n) is 5.86. The molecule has 1 aromatic rings. The summed E-state index contributed by atoms with van der Waals surface area (Å²) in [5.41, 5.74) is 1.44. The minimum atomic E-state index is 0.347. The van der Waals surface area contributed by atoms with Gasteiger partial charge in [-0.3, -0.25) is 4.99 Å². The predicted molar refractivity (Wildman–Crippen MR) is 83.5 cm³/mol. The smallest absolute Gasteiger partial charge is 0.193 e. The van der Waals surface area contributed by atoms with Crippen LogP contribution < -0.4 is 5.32 Å². The van der Waals surface area contributed by atoms with Crippen molar-refractivity contribution in [2.24, 2.45) is 10.4 Å². The Morgan fingerprint density at radius 2 is 2.43 bits per heavy atom. The van der Waals surface area contributed by atoms with Crippen molar-refractivity contribution in [2.45, 2.75) is 19.4 Å². The molecule has 3 rings (SSSR count). The van der Waals surface area contributed by atoms with Gasteiger partial charge in [0.1, 0.15) is 5.15 Å². The predicted octanol–water partition coefficient (Wildman–Crippen LogP) is 1.92. The highest BCUT2D eigenvalue weighted by Crippen LogP contribution is 2.38. The number of hydrogen-bond donors (Lipinski definition) is 1. The van der Waals surface area contributed by atoms with Crippen molar-refractivity contribution in [1.29, 1.82) is 0 Å². The van der Waals surface area contributed by atoms with Crippen LogP contribution in [0.4, 0.5) is 0 Å². The second kappa shape index (κ2) is 6.20. The second-order valence-corrected chi connectivity index (χ2v) is 6.25. The molecule has 1 aromatic heterocycles. The van der Waals surface area contributed by atoms with Crippen molar-refractivity contribution < 1.29 is 4.74 Å². The van der Waals surface area contributed by atoms with E-state index in [1.807, 2.05) is 19.2 Å². The van der Waals surface area contributed by atoms with Gasteiger partial charge in [-0.05, 0) is 24.5 Å². The minimum Gasteiger partial charge on any atom is -0.381 e. The number of aliphatic imine (C=N–C) groups is 1. The zero-order valence-corrected chi connectivity index (χ0v) is 13.1. The summed E-state index contributed by atoms with van der Waals surface area (Å²) in [4.78, 5) is 10.8. The maximum absolute atomic E-state index is 5.80. The SMILES string of the molecule is CN=C(NCc1ccc(Cl)nc1)N1CCC2(CCOC2)C1. The highest BCUT2D eigenvalue weighted by Gasteiger charge is 2.42. The summed E-state index contributed by atoms with van der Waals surface area (Å²) in [5.74, 6) is 0.953. The van der Waals surface area contributed by atoms with Crippen LogP contribution in [0.5, 0.6) is 0 Å². The first-order valence-corrected chi connectivity index (χ1v) is 7.72. The lowest BCUT2D eigenvalue weighted by molar-refractivity contribution is 0.156. The summed E-state index contributed by atoms with van der Waals surface area (Å²) in [6, 6.07) is 3.79. The summed E-state index contributed by atoms with van der Waals surface area (Å²) in [6.45, 7) is 4.57. The third-order valence-electron chi connectivity index (χ3n) is 4.37. The Balaban J connectivity index is 1.57. The molecule has 0 saturated carbocycles. The van der Waals surface area contributed by atoms with Gasteiger partial charge in [0.25, 0.3) is 0 Å². The monoisotopic (exact) mass is 308 g/mol. The molecule has 1 N–H and O–H groups in total. The van der Waals surface area contributed by atoms with E-state index in [-0.39, 0.29) is 0 Å². The molecule has 5 nitrogen and oxygen atoms in total. The molecule has 2 aliphatic heterocycles. The number of nitrogens with zero attached hydrogens (tertiary/aromatic N) is 3. The number of ether oxygens (including phenoxy) is 1. The van der Waals surface area contributed by atoms with Crippen LogP contribution in [0.2, 0.25) is 5.15 Å². The van der Waals surface area contributed by atoms with Gasteiger partial charge in [0, 0.05) is 44.9 Å². The quantitative estimate of drug-likeness (QED) is 0.515. The molecular formula is C15H21ClN4O. The van der Waals surface area contributed by atoms with Gasteiger partial charge in [-0.25, -0.2) is 4.98 Å². The van der Waals surface area contributed by atoms with E-state index in [2.05, 4.69) is 20.2 Å². The standard InChI is InChI=1S/C15H21ClN4O/c1-17-14(19-9-12-2-3-13(16)18-8-12)20-6-4-15(10-20)5-7-21-11-15/h2-3,8H,4-7,9-11H2,1H3,(H,17,19). The van der Waals surface area contributed by atoms with Gasteiger partial charge < -0.3 is 15.0 Å². The van der Waals surface area contributed by atoms with E-state index in [0.717, 1.165) is 37.8 Å². The number of aromatic nitrogens is 1. The van der Waals surface area contributed by atoms with Crippen molar-refractivity contribution >= 4 is 17.6 Å². The fourth-order valence-corrected chi connectivity index (χ4v) is 3.22. The normalized spacial score (nSPS) is 25.8. The van der Waals surface area contributed by atoms with Gasteiger partial charge in [0.2, 0.25) is 0 Å². The van der Waals surface area contributed by atoms with Crippen LogP contribution in [-0.2, 0) is 11.3 Å². The molecule has 2 aliphatic rings. The molecule has 1 spiro atoms. The third kappa shape index (κ3) is 3.30. The van der Waals surface area contributed by atoms with Gasteiger partial charge in [0.05, 0.1) is 6.61 Å². The Kier molecular flexibility index (Phi) is 4.31. The molecule has 2 fully saturated rings. The fraction of sp³-hybridized carbons (Fsp3) is 0.600. The number of likely N-dealkylation sites (tertiary alicyclic amines) is 1. The molecule has 114 valence electrons. The summed E-state index contributed by atoms with van der Waals surface area (Å²) in [7, 11) is 1.83. The highest BCUT2D eigenvalue weighted by atomic mass is 35.5. The largest absolute Gasteiger partial charge is 0.381 e. The third-order valence-corrected chi connectivity index (χ3v) is 4.60. The van der Waals surface area contributed by atoms with E-state index in [1.54, 1.807) is 6.20 Å². The Morgan fingerprint density at radius 3 is 3.10 bits per heavy atom. The maximum Gasteiger partial charge on any atom is 0.193 e. The van der Waals surface area contributed by atoms with Crippen LogP contribution in [0.25, 0.3) is 0 Å². The van der Waals surface area contributed by atoms with Crippen molar-refractivity contribution in [3.63, 3.8) is 0 Å². The van der Waals surface area contributed by atoms with Crippen LogP contribution in [0.1, 0.15) is 18.4 Å². The molecule has 21 heavy (non-hydrogen) atoms. The maximum atomic E-state index is 5.80. The average Bonchev–Trinajstić information content (AvgIpc) is 3.13. The molecule has 0 aromatic carbocycles. The van der Waals surface area contributed by atoms with Crippen molar-refractivity contribution in [3.05, 3.63) is 29.0 Å². The molecule has 1 atom stereocenters. The zero-order valence-electron chi connectivity index (χ0n) is 12.3. The van der Waals surface area contributed by atoms with Crippen LogP contribution >= 0.6 is 11.6 Å². The lowest BCUT2D eigenvalue weighted by Crippen LogP contribution is -2.41. The van der Waals surface area contributed by atoms with Crippen molar-refractivity contribution in [1.82, 2.24) is 15.2 Å². The Bertz CT molecular complexity index is 511. The molecule has 6 heteroatoms. The van der Waals surface area contributed by atoms with E-state index in [4.69, 9.17) is 16.3 Å². The molecule has 0 amide bonds. The van der Waals surface area contributed by atoms with Crippen molar-refractivity contribution in [2.75, 3.05) is 33.4 Å². The highest BCUT2D eigenvalue weighted by molar-refractivity contribution is 6.29. The first-order valence-electron chi connectivity index (χ1n) is 7.35. The molecule has 3 heterocycles. The Hall–Kier alpha value is -1.33. The molecule has 0 aliphatic carbocycles. The Labute approximate surface area is 130 Å². The van der Waals surface area contributed by atoms with Crippen LogP contribution in [0.15, 0.2) is 23.3 Å². The number of hydrogen-bond acceptors (Lipinski definition) is 3. The van der Waals surface area contributed by atoms with Gasteiger partial charge >= 0.3 is 0 Å². The van der Waals surface area contributed by atoms with Gasteiger partial charge in [0.15, 0.2) is 5.96 Å². The summed E-state index contributed by atoms with van der Waals surface area (Å²) in [5, 5.41) is 3.92. The summed E-state index contributed by atoms with van der Waals surface area (Å²) < 4.78 is 5.58. The van der Waals surface area contributed by atoms with Crippen LogP contribution in [0, 0.1) is 5.41 Å². The lowest BCUT2D eigenvalue weighted by Gasteiger charge is -2.24. The van der Waals surface area contributed by atoms with Gasteiger partial charge in [-0.15, -0.1) is 0 Å². The van der Waals surface area contributed by atoms with E-state index < -0.39 is 0 Å². The van der Waals surface area contributed by atoms with E-state index in [1.165, 1.54) is 12.8 Å². The van der Waals surface area contributed by atoms with Crippen molar-refractivity contribution in [3.8, 4) is 0 Å². The molecular weight excluding hydrogens is 288 g/mol. The summed E-state index contributed by atoms with van der Waals surface area (Å²) in [6.07, 6.45) is 4.15. The van der Waals surface area contributed by atoms with E-state index in [0.29, 0.717) is 17.1 Å². The van der Waals surface area contributed by atoms with Crippen LogP contribution in [0.3, 0.4) is 0 Å². The van der Waals surface area contributed by atoms with Crippen LogP contribution in [-0.4, -0.2) is 49.2 Å². The topological polar surface area (TPSA) is 49.8 Å². The van der Waals surface area contributed by atoms with E-state index >= 15 is 0 Å².